The molecular weight excluding hydrogens is 1120 g/mol. The smallest absolute Gasteiger partial charge is 0.214 e. The summed E-state index contributed by atoms with van der Waals surface area (Å²) < 4.78 is 32.1. The van der Waals surface area contributed by atoms with Crippen LogP contribution in [0.2, 0.25) is 0 Å². The van der Waals surface area contributed by atoms with Crippen LogP contribution in [0.1, 0.15) is 114 Å². The van der Waals surface area contributed by atoms with Crippen LogP contribution >= 0.6 is 0 Å². The lowest BCUT2D eigenvalue weighted by atomic mass is 9.71. The number of aryl methyl sites for hydroxylation is 9. The Hall–Kier alpha value is -9.39. The maximum atomic E-state index is 9.24. The molecule has 0 amide bonds. The number of aromatic nitrogens is 6. The van der Waals surface area contributed by atoms with Crippen LogP contribution in [0.4, 0.5) is 0 Å². The summed E-state index contributed by atoms with van der Waals surface area (Å²) in [4.78, 5) is 0. The summed E-state index contributed by atoms with van der Waals surface area (Å²) >= 11 is 0. The Morgan fingerprint density at radius 2 is 0.728 bits per heavy atom. The van der Waals surface area contributed by atoms with Gasteiger partial charge < -0.3 is 13.7 Å². The molecule has 0 saturated heterocycles. The molecule has 0 spiro atoms. The third-order valence-corrected chi connectivity index (χ3v) is 21.3. The molecule has 2 fully saturated rings. The molecule has 6 nitrogen and oxygen atoms in total. The fourth-order valence-electron chi connectivity index (χ4n) is 15.9. The van der Waals surface area contributed by atoms with E-state index in [-0.39, 0.29) is 0 Å². The first-order valence-electron chi connectivity index (χ1n) is 34.5. The van der Waals surface area contributed by atoms with E-state index in [1.54, 1.807) is 0 Å². The molecule has 2 saturated carbocycles. The van der Waals surface area contributed by atoms with Crippen molar-refractivity contribution in [1.82, 2.24) is 13.7 Å². The molecule has 9 aromatic carbocycles. The molecule has 0 radical (unpaired) electrons. The molecule has 2 aliphatic rings. The van der Waals surface area contributed by atoms with Crippen molar-refractivity contribution in [2.24, 2.45) is 47.7 Å². The summed E-state index contributed by atoms with van der Waals surface area (Å²) in [6.07, 6.45) is 16.5. The fraction of sp³-hybridized carbons (Fsp3) is 0.267. The van der Waals surface area contributed by atoms with Crippen LogP contribution in [0.5, 0.6) is 0 Å². The van der Waals surface area contributed by atoms with Gasteiger partial charge in [-0.05, 0) is 156 Å². The molecule has 0 bridgehead atoms. The minimum atomic E-state index is -0.464. The highest BCUT2D eigenvalue weighted by atomic mass is 15.0. The van der Waals surface area contributed by atoms with Crippen LogP contribution in [0.3, 0.4) is 0 Å². The van der Waals surface area contributed by atoms with E-state index < -0.39 is 11.8 Å². The molecule has 0 aliphatic heterocycles. The molecule has 92 heavy (non-hydrogen) atoms. The Kier molecular flexibility index (Phi) is 14.4. The maximum absolute atomic E-state index is 9.24. The van der Waals surface area contributed by atoms with Gasteiger partial charge in [0.15, 0.2) is 18.6 Å². The second-order valence-electron chi connectivity index (χ2n) is 27.8. The zero-order valence-electron chi connectivity index (χ0n) is 57.7. The summed E-state index contributed by atoms with van der Waals surface area (Å²) in [5, 5.41) is 15.3. The molecule has 0 N–H and O–H groups in total. The zero-order valence-corrected chi connectivity index (χ0v) is 55.7. The molecule has 6 heteroatoms. The second-order valence-corrected chi connectivity index (χ2v) is 27.8. The van der Waals surface area contributed by atoms with Crippen LogP contribution in [0.15, 0.2) is 207 Å². The van der Waals surface area contributed by atoms with Gasteiger partial charge in [-0.25, -0.2) is 13.7 Å². The van der Waals surface area contributed by atoms with Crippen LogP contribution in [0, 0.1) is 26.2 Å². The third kappa shape index (κ3) is 10.3. The summed E-state index contributed by atoms with van der Waals surface area (Å²) in [6, 6.07) is 68.6. The Morgan fingerprint density at radius 1 is 0.359 bits per heavy atom. The van der Waals surface area contributed by atoms with E-state index >= 15 is 0 Å². The minimum absolute atomic E-state index is 0.365. The van der Waals surface area contributed by atoms with Crippen molar-refractivity contribution in [3.63, 3.8) is 0 Å². The van der Waals surface area contributed by atoms with Crippen LogP contribution in [-0.4, -0.2) is 13.7 Å². The number of rotatable bonds is 5. The minimum Gasteiger partial charge on any atom is -0.343 e. The van der Waals surface area contributed by atoms with Gasteiger partial charge >= 0.3 is 0 Å². The van der Waals surface area contributed by atoms with Gasteiger partial charge in [0.05, 0.1) is 43.7 Å². The van der Waals surface area contributed by atoms with Gasteiger partial charge in [0, 0.05) is 91.2 Å². The van der Waals surface area contributed by atoms with Gasteiger partial charge in [-0.2, -0.15) is 0 Å². The maximum Gasteiger partial charge on any atom is 0.214 e. The summed E-state index contributed by atoms with van der Waals surface area (Å²) in [7, 11) is 13.0. The number of fused-ring (bicyclic) bond motifs is 14. The van der Waals surface area contributed by atoms with E-state index in [9.17, 15) is 1.37 Å². The average molecular weight is 1210 g/mol. The molecule has 6 heterocycles. The van der Waals surface area contributed by atoms with Crippen molar-refractivity contribution in [3.05, 3.63) is 234 Å². The number of nitrogens with zero attached hydrogens (tertiary/aromatic N) is 6. The quantitative estimate of drug-likeness (QED) is 0.154. The third-order valence-electron chi connectivity index (χ3n) is 21.3. The van der Waals surface area contributed by atoms with Crippen molar-refractivity contribution in [3.8, 4) is 33.8 Å². The predicted octanol–water partition coefficient (Wildman–Crippen LogP) is 20.6. The number of hydrogen-bond acceptors (Lipinski definition) is 0. The van der Waals surface area contributed by atoms with Crippen molar-refractivity contribution in [2.75, 3.05) is 0 Å². The molecule has 6 aromatic heterocycles. The average Bonchev–Trinajstić information content (AvgIpc) is 1.57. The van der Waals surface area contributed by atoms with E-state index in [1.807, 2.05) is 0 Å². The lowest BCUT2D eigenvalue weighted by molar-refractivity contribution is -0.659. The van der Waals surface area contributed by atoms with E-state index in [0.29, 0.717) is 5.41 Å². The van der Waals surface area contributed by atoms with Crippen molar-refractivity contribution >= 4 is 97.7 Å². The molecule has 458 valence electrons. The molecule has 2 aliphatic carbocycles. The van der Waals surface area contributed by atoms with E-state index in [0.717, 1.165) is 38.5 Å². The largest absolute Gasteiger partial charge is 0.343 e. The van der Waals surface area contributed by atoms with Crippen molar-refractivity contribution in [1.29, 1.82) is 0 Å². The predicted molar refractivity (Wildman–Crippen MR) is 389 cm³/mol. The highest BCUT2D eigenvalue weighted by molar-refractivity contribution is 6.19. The number of pyridine rings is 3. The SMILES string of the molecule is Cc1ccccc1-c1cc2c(c[n+]1C)c1cc3ccccc3cc1n2C.[2H]C1(c2ccc3c(ccc4c5c[n+](C)c(-c6ccccc6C)cc5n(C)c34)c2)CCC(C)(C)CC1.[2H]C1(c2ccc3c(ccc4c5c[n+](C)c(-c6ccccc6C)cc5n(C)c34)c2)CCCCC1. The first kappa shape index (κ1) is 56.6. The highest BCUT2D eigenvalue weighted by Crippen LogP contribution is 2.45. The Balaban J connectivity index is 0.000000118. The van der Waals surface area contributed by atoms with Gasteiger partial charge in [-0.1, -0.05) is 173 Å². The number of hydrogen-bond donors (Lipinski definition) is 0. The lowest BCUT2D eigenvalue weighted by Crippen LogP contribution is -2.30. The molecule has 0 atom stereocenters. The van der Waals surface area contributed by atoms with Gasteiger partial charge in [0.1, 0.15) is 21.1 Å². The molecule has 17 rings (SSSR count). The summed E-state index contributed by atoms with van der Waals surface area (Å²) in [5.41, 5.74) is 21.7. The van der Waals surface area contributed by atoms with E-state index in [2.05, 4.69) is 311 Å². The van der Waals surface area contributed by atoms with Gasteiger partial charge in [-0.3, -0.25) is 0 Å². The van der Waals surface area contributed by atoms with Crippen LogP contribution in [-0.2, 0) is 42.3 Å². The van der Waals surface area contributed by atoms with Gasteiger partial charge in [0.2, 0.25) is 17.1 Å². The normalized spacial score (nSPS) is 15.7. The second kappa shape index (κ2) is 23.4. The Bertz CT molecular complexity index is 5540. The van der Waals surface area contributed by atoms with Crippen LogP contribution < -0.4 is 13.7 Å². The van der Waals surface area contributed by atoms with Gasteiger partial charge in [-0.15, -0.1) is 0 Å². The lowest BCUT2D eigenvalue weighted by Gasteiger charge is -2.34. The van der Waals surface area contributed by atoms with Crippen molar-refractivity contribution < 1.29 is 16.4 Å². The number of benzene rings is 9. The summed E-state index contributed by atoms with van der Waals surface area (Å²) in [6.45, 7) is 11.2. The first-order chi connectivity index (χ1) is 45.3. The monoisotopic (exact) mass is 1210 g/mol. The topological polar surface area (TPSA) is 26.4 Å². The molecule has 0 unspecified atom stereocenters. The van der Waals surface area contributed by atoms with Crippen LogP contribution in [0.25, 0.3) is 132 Å². The standard InChI is InChI=1S/C32H35N2.C30H31N2.C24H21N2/c1-21-8-6-7-9-25(21)29-19-30-28(20-33(29)4)27-13-11-24-18-23(10-12-26(24)31(27)34(30)5)22-14-16-32(2,3)17-15-22;1-20-9-7-8-12-24(20)28-18-29-27(19-31(28)2)26-16-14-23-17-22(21-10-5-4-6-11-21)13-15-25(23)30(26)32(29)3;1-16-8-4-7-11-19(16)22-14-24-21(15-25(22)2)20-12-17-9-5-6-10-18(17)13-23(20)26(24)3/h6-13,18-20,22H,14-17H2,1-5H3;7-9,12-19,21H,4-6,10-11H2,1-3H3;4-15H,1-3H3/q3*+1/i22D;21D;. The van der Waals surface area contributed by atoms with E-state index in [4.69, 9.17) is 1.37 Å². The van der Waals surface area contributed by atoms with E-state index in [1.165, 1.54) is 179 Å². The van der Waals surface area contributed by atoms with Gasteiger partial charge in [0.25, 0.3) is 0 Å². The Labute approximate surface area is 545 Å². The Morgan fingerprint density at radius 3 is 1.17 bits per heavy atom. The zero-order chi connectivity index (χ0) is 65.1. The summed E-state index contributed by atoms with van der Waals surface area (Å²) in [5.74, 6) is -0.885. The first-order valence-corrected chi connectivity index (χ1v) is 33.5. The molecule has 15 aromatic rings. The van der Waals surface area contributed by atoms with Crippen molar-refractivity contribution in [2.45, 2.75) is 104 Å². The molecular formula is C86H87N6+3. The highest BCUT2D eigenvalue weighted by Gasteiger charge is 2.29. The fourth-order valence-corrected chi connectivity index (χ4v) is 15.9.